The van der Waals surface area contributed by atoms with Gasteiger partial charge in [0.2, 0.25) is 0 Å². The molecule has 1 aliphatic carbocycles. The van der Waals surface area contributed by atoms with Crippen LogP contribution >= 0.6 is 0 Å². The van der Waals surface area contributed by atoms with E-state index >= 15 is 0 Å². The largest absolute Gasteiger partial charge is 0.347 e. The Labute approximate surface area is 107 Å². The molecule has 1 N–H and O–H groups in total. The van der Waals surface area contributed by atoms with E-state index in [0.29, 0.717) is 11.7 Å². The Bertz CT molecular complexity index is 456. The monoisotopic (exact) mass is 245 g/mol. The summed E-state index contributed by atoms with van der Waals surface area (Å²) < 4.78 is 0. The van der Waals surface area contributed by atoms with E-state index in [0.717, 1.165) is 31.2 Å². The van der Waals surface area contributed by atoms with Crippen molar-refractivity contribution in [3.8, 4) is 0 Å². The number of carbonyl (C=O) groups is 1. The molecule has 0 spiro atoms. The number of hydrogen-bond donors (Lipinski definition) is 1. The summed E-state index contributed by atoms with van der Waals surface area (Å²) in [5, 5.41) is 3.09. The van der Waals surface area contributed by atoms with E-state index in [1.54, 1.807) is 6.07 Å². The van der Waals surface area contributed by atoms with Crippen LogP contribution in [-0.2, 0) is 0 Å². The van der Waals surface area contributed by atoms with Crippen molar-refractivity contribution in [2.45, 2.75) is 38.3 Å². The summed E-state index contributed by atoms with van der Waals surface area (Å²) in [5.41, 5.74) is 1.41. The average Bonchev–Trinajstić information content (AvgIpc) is 3.11. The first-order valence-electron chi connectivity index (χ1n) is 6.71. The van der Waals surface area contributed by atoms with Crippen LogP contribution in [0, 0.1) is 6.92 Å². The molecule has 18 heavy (non-hydrogen) atoms. The summed E-state index contributed by atoms with van der Waals surface area (Å²) in [5.74, 6) is -0.0404. The number of hydrogen-bond acceptors (Lipinski definition) is 3. The van der Waals surface area contributed by atoms with E-state index in [1.807, 2.05) is 19.1 Å². The lowest BCUT2D eigenvalue weighted by molar-refractivity contribution is 0.0932. The van der Waals surface area contributed by atoms with Crippen LogP contribution in [0.5, 0.6) is 0 Å². The Kier molecular flexibility index (Phi) is 3.04. The van der Waals surface area contributed by atoms with Gasteiger partial charge in [0.05, 0.1) is 0 Å². The number of likely N-dealkylation sites (tertiary alicyclic amines) is 1. The first kappa shape index (κ1) is 11.7. The van der Waals surface area contributed by atoms with E-state index in [9.17, 15) is 4.79 Å². The molecule has 4 nitrogen and oxygen atoms in total. The number of nitrogens with zero attached hydrogens (tertiary/aromatic N) is 2. The van der Waals surface area contributed by atoms with Crippen molar-refractivity contribution < 1.29 is 4.79 Å². The van der Waals surface area contributed by atoms with Gasteiger partial charge in [0.1, 0.15) is 5.69 Å². The minimum absolute atomic E-state index is 0.0404. The molecule has 0 radical (unpaired) electrons. The van der Waals surface area contributed by atoms with Crippen LogP contribution in [0.1, 0.15) is 35.4 Å². The maximum Gasteiger partial charge on any atom is 0.270 e. The molecule has 2 fully saturated rings. The molecule has 1 unspecified atom stereocenters. The number of amides is 1. The highest BCUT2D eigenvalue weighted by molar-refractivity contribution is 5.92. The molecule has 1 aliphatic heterocycles. The van der Waals surface area contributed by atoms with Gasteiger partial charge in [0.15, 0.2) is 0 Å². The van der Waals surface area contributed by atoms with Crippen LogP contribution in [-0.4, -0.2) is 41.0 Å². The summed E-state index contributed by atoms with van der Waals surface area (Å²) in [4.78, 5) is 18.8. The van der Waals surface area contributed by atoms with Crippen molar-refractivity contribution in [2.75, 3.05) is 13.1 Å². The summed E-state index contributed by atoms with van der Waals surface area (Å²) in [7, 11) is 0. The minimum Gasteiger partial charge on any atom is -0.347 e. The Balaban J connectivity index is 1.58. The van der Waals surface area contributed by atoms with Crippen LogP contribution < -0.4 is 5.32 Å². The Morgan fingerprint density at radius 1 is 1.39 bits per heavy atom. The van der Waals surface area contributed by atoms with Gasteiger partial charge < -0.3 is 5.32 Å². The second kappa shape index (κ2) is 4.69. The Morgan fingerprint density at radius 3 is 2.94 bits per heavy atom. The minimum atomic E-state index is -0.0404. The van der Waals surface area contributed by atoms with Crippen LogP contribution in [0.3, 0.4) is 0 Å². The maximum absolute atomic E-state index is 12.1. The van der Waals surface area contributed by atoms with Gasteiger partial charge in [-0.1, -0.05) is 6.07 Å². The van der Waals surface area contributed by atoms with Gasteiger partial charge in [-0.05, 0) is 38.3 Å². The zero-order valence-electron chi connectivity index (χ0n) is 10.7. The fraction of sp³-hybridized carbons (Fsp3) is 0.571. The van der Waals surface area contributed by atoms with Crippen LogP contribution in [0.15, 0.2) is 18.2 Å². The van der Waals surface area contributed by atoms with Crippen LogP contribution in [0.4, 0.5) is 0 Å². The molecule has 0 bridgehead atoms. The third-order valence-electron chi connectivity index (χ3n) is 3.74. The molecule has 1 amide bonds. The molecule has 1 atom stereocenters. The highest BCUT2D eigenvalue weighted by Crippen LogP contribution is 2.29. The summed E-state index contributed by atoms with van der Waals surface area (Å²) in [6.07, 6.45) is 3.73. The second-order valence-corrected chi connectivity index (χ2v) is 5.35. The smallest absolute Gasteiger partial charge is 0.270 e. The van der Waals surface area contributed by atoms with Gasteiger partial charge in [-0.15, -0.1) is 0 Å². The Hall–Kier alpha value is -1.42. The molecular weight excluding hydrogens is 226 g/mol. The highest BCUT2D eigenvalue weighted by Gasteiger charge is 2.34. The van der Waals surface area contributed by atoms with Crippen molar-refractivity contribution in [1.29, 1.82) is 0 Å². The number of pyridine rings is 1. The average molecular weight is 245 g/mol. The first-order chi connectivity index (χ1) is 8.72. The molecular formula is C14H19N3O. The predicted octanol–water partition coefficient (Wildman–Crippen LogP) is 1.36. The molecule has 0 aromatic carbocycles. The summed E-state index contributed by atoms with van der Waals surface area (Å²) in [6.45, 7) is 4.03. The molecule has 96 valence electrons. The van der Waals surface area contributed by atoms with E-state index in [2.05, 4.69) is 15.2 Å². The number of nitrogens with one attached hydrogen (secondary N) is 1. The molecule has 1 saturated carbocycles. The SMILES string of the molecule is Cc1cccc(C(=O)NC2CCN(C3CC3)C2)n1. The lowest BCUT2D eigenvalue weighted by atomic mass is 10.2. The molecule has 2 heterocycles. The van der Waals surface area contributed by atoms with Gasteiger partial charge in [-0.25, -0.2) is 4.98 Å². The van der Waals surface area contributed by atoms with Crippen LogP contribution in [0.25, 0.3) is 0 Å². The van der Waals surface area contributed by atoms with Crippen molar-refractivity contribution in [1.82, 2.24) is 15.2 Å². The topological polar surface area (TPSA) is 45.2 Å². The molecule has 2 aliphatic rings. The number of carbonyl (C=O) groups excluding carboxylic acids is 1. The van der Waals surface area contributed by atoms with E-state index in [1.165, 1.54) is 12.8 Å². The van der Waals surface area contributed by atoms with Gasteiger partial charge in [-0.3, -0.25) is 9.69 Å². The normalized spacial score (nSPS) is 24.2. The van der Waals surface area contributed by atoms with Crippen molar-refractivity contribution >= 4 is 5.91 Å². The molecule has 3 rings (SSSR count). The standard InChI is InChI=1S/C14H19N3O/c1-10-3-2-4-13(15-10)14(18)16-11-7-8-17(9-11)12-5-6-12/h2-4,11-12H,5-9H2,1H3,(H,16,18). The van der Waals surface area contributed by atoms with Gasteiger partial charge >= 0.3 is 0 Å². The van der Waals surface area contributed by atoms with E-state index < -0.39 is 0 Å². The van der Waals surface area contributed by atoms with Crippen molar-refractivity contribution in [2.24, 2.45) is 0 Å². The summed E-state index contributed by atoms with van der Waals surface area (Å²) in [6, 6.07) is 6.64. The molecule has 4 heteroatoms. The van der Waals surface area contributed by atoms with E-state index in [-0.39, 0.29) is 5.91 Å². The first-order valence-corrected chi connectivity index (χ1v) is 6.71. The fourth-order valence-electron chi connectivity index (χ4n) is 2.61. The molecule has 1 aromatic heterocycles. The van der Waals surface area contributed by atoms with Gasteiger partial charge in [0.25, 0.3) is 5.91 Å². The lowest BCUT2D eigenvalue weighted by Crippen LogP contribution is -2.37. The quantitative estimate of drug-likeness (QED) is 0.874. The second-order valence-electron chi connectivity index (χ2n) is 5.35. The highest BCUT2D eigenvalue weighted by atomic mass is 16.1. The fourth-order valence-corrected chi connectivity index (χ4v) is 2.61. The third-order valence-corrected chi connectivity index (χ3v) is 3.74. The van der Waals surface area contributed by atoms with Crippen molar-refractivity contribution in [3.63, 3.8) is 0 Å². The van der Waals surface area contributed by atoms with Crippen LogP contribution in [0.2, 0.25) is 0 Å². The van der Waals surface area contributed by atoms with Gasteiger partial charge in [-0.2, -0.15) is 0 Å². The van der Waals surface area contributed by atoms with Crippen molar-refractivity contribution in [3.05, 3.63) is 29.6 Å². The predicted molar refractivity (Wildman–Crippen MR) is 69.4 cm³/mol. The number of aromatic nitrogens is 1. The van der Waals surface area contributed by atoms with Gasteiger partial charge in [0, 0.05) is 30.9 Å². The molecule has 1 aromatic rings. The lowest BCUT2D eigenvalue weighted by Gasteiger charge is -2.15. The zero-order valence-corrected chi connectivity index (χ0v) is 10.7. The number of aryl methyl sites for hydroxylation is 1. The molecule has 1 saturated heterocycles. The number of rotatable bonds is 3. The Morgan fingerprint density at radius 2 is 2.22 bits per heavy atom. The zero-order chi connectivity index (χ0) is 12.5. The summed E-state index contributed by atoms with van der Waals surface area (Å²) >= 11 is 0. The maximum atomic E-state index is 12.1. The van der Waals surface area contributed by atoms with E-state index in [4.69, 9.17) is 0 Å². The third kappa shape index (κ3) is 2.53.